The molecule has 0 aromatic heterocycles. The number of hydrogen-bond donors (Lipinski definition) is 0. The van der Waals surface area contributed by atoms with Crippen molar-refractivity contribution >= 4 is 28.1 Å². The van der Waals surface area contributed by atoms with Crippen LogP contribution in [0.2, 0.25) is 0 Å². The molecule has 0 atom stereocenters. The summed E-state index contributed by atoms with van der Waals surface area (Å²) in [6, 6.07) is 52.1. The lowest BCUT2D eigenvalue weighted by atomic mass is 9.78. The normalized spacial score (nSPS) is 13.6. The molecule has 1 amide bonds. The van der Waals surface area contributed by atoms with Crippen LogP contribution in [-0.2, 0) is 10.2 Å². The van der Waals surface area contributed by atoms with Gasteiger partial charge >= 0.3 is 0 Å². The van der Waals surface area contributed by atoms with Crippen molar-refractivity contribution in [1.82, 2.24) is 0 Å². The Kier molecular flexibility index (Phi) is 6.84. The molecule has 0 aliphatic carbocycles. The van der Waals surface area contributed by atoms with E-state index in [-0.39, 0.29) is 11.7 Å². The molecule has 0 saturated carbocycles. The Morgan fingerprint density at radius 1 is 0.447 bits per heavy atom. The summed E-state index contributed by atoms with van der Waals surface area (Å²) < 4.78 is 17.0. The molecule has 0 fully saturated rings. The van der Waals surface area contributed by atoms with Gasteiger partial charge in [0.25, 0.3) is 0 Å². The second-order valence-electron chi connectivity index (χ2n) is 12.6. The van der Waals surface area contributed by atoms with Gasteiger partial charge in [-0.05, 0) is 71.0 Å². The van der Waals surface area contributed by atoms with E-state index in [0.29, 0.717) is 16.5 Å². The number of carbonyl (C=O) groups is 1. The molecular weight excluding hydrogens is 577 g/mol. The van der Waals surface area contributed by atoms with Crippen molar-refractivity contribution in [3.63, 3.8) is 0 Å². The predicted octanol–water partition coefficient (Wildman–Crippen LogP) is 11.6. The molecule has 47 heavy (non-hydrogen) atoms. The fourth-order valence-corrected chi connectivity index (χ4v) is 7.26. The second-order valence-corrected chi connectivity index (χ2v) is 12.6. The van der Waals surface area contributed by atoms with Crippen LogP contribution < -0.4 is 4.90 Å². The number of para-hydroxylation sites is 1. The van der Waals surface area contributed by atoms with E-state index in [1.165, 1.54) is 6.07 Å². The average Bonchev–Trinajstić information content (AvgIpc) is 3.33. The zero-order chi connectivity index (χ0) is 32.1. The van der Waals surface area contributed by atoms with Crippen LogP contribution in [0.25, 0.3) is 55.3 Å². The summed E-state index contributed by atoms with van der Waals surface area (Å²) >= 11 is 0. The molecule has 0 unspecified atom stereocenters. The van der Waals surface area contributed by atoms with E-state index in [2.05, 4.69) is 36.4 Å². The number of anilines is 2. The van der Waals surface area contributed by atoms with E-state index in [9.17, 15) is 4.79 Å². The quantitative estimate of drug-likeness (QED) is 0.190. The molecule has 1 heterocycles. The van der Waals surface area contributed by atoms with Crippen molar-refractivity contribution in [2.45, 2.75) is 19.3 Å². The van der Waals surface area contributed by atoms with Crippen LogP contribution >= 0.6 is 0 Å². The van der Waals surface area contributed by atoms with Gasteiger partial charge in [-0.2, -0.15) is 0 Å². The third kappa shape index (κ3) is 4.50. The van der Waals surface area contributed by atoms with Gasteiger partial charge in [0.2, 0.25) is 5.91 Å². The Bertz CT molecular complexity index is 2280. The number of rotatable bonds is 5. The summed E-state index contributed by atoms with van der Waals surface area (Å²) in [6.45, 7) is 3.94. The third-order valence-corrected chi connectivity index (χ3v) is 9.43. The molecule has 226 valence electrons. The number of benzene rings is 7. The second kappa shape index (κ2) is 11.2. The number of carbonyl (C=O) groups excluding carboxylic acids is 1. The summed E-state index contributed by atoms with van der Waals surface area (Å²) in [5.41, 5.74) is 9.14. The first kappa shape index (κ1) is 28.7. The number of halogens is 1. The summed E-state index contributed by atoms with van der Waals surface area (Å²) in [5.74, 6) is -0.379. The zero-order valence-electron chi connectivity index (χ0n) is 26.2. The maximum absolute atomic E-state index is 17.0. The first-order valence-electron chi connectivity index (χ1n) is 15.9. The van der Waals surface area contributed by atoms with Crippen molar-refractivity contribution < 1.29 is 9.18 Å². The molecule has 7 aromatic rings. The van der Waals surface area contributed by atoms with Crippen molar-refractivity contribution in [2.75, 3.05) is 4.90 Å². The Morgan fingerprint density at radius 3 is 1.34 bits per heavy atom. The Labute approximate surface area is 274 Å². The minimum absolute atomic E-state index is 0.0414. The van der Waals surface area contributed by atoms with E-state index in [4.69, 9.17) is 0 Å². The smallest absolute Gasteiger partial charge is 0.241 e. The largest absolute Gasteiger partial charge is 0.279 e. The van der Waals surface area contributed by atoms with Gasteiger partial charge < -0.3 is 0 Å². The molecular formula is C44H32FNO. The minimum atomic E-state index is -0.751. The highest BCUT2D eigenvalue weighted by molar-refractivity contribution is 6.25. The first-order valence-corrected chi connectivity index (χ1v) is 15.9. The van der Waals surface area contributed by atoms with Crippen LogP contribution in [0.4, 0.5) is 15.8 Å². The van der Waals surface area contributed by atoms with E-state index in [1.807, 2.05) is 128 Å². The Morgan fingerprint density at radius 2 is 0.851 bits per heavy atom. The molecule has 0 saturated heterocycles. The molecule has 2 nitrogen and oxygen atoms in total. The van der Waals surface area contributed by atoms with Gasteiger partial charge in [0.1, 0.15) is 5.82 Å². The minimum Gasteiger partial charge on any atom is -0.279 e. The molecule has 7 aromatic carbocycles. The predicted molar refractivity (Wildman–Crippen MR) is 192 cm³/mol. The standard InChI is InChI=1S/C44H32FNO/c1-44(2)33-25-15-16-26-35(33)46(43(44)47)36-28-27-34(45)41-39(31-21-11-5-12-22-31)37(29-17-7-3-8-18-29)38(30-19-9-4-10-20-30)40(42(36)41)32-23-13-6-14-24-32/h3-28H,1-2H3. The lowest BCUT2D eigenvalue weighted by Crippen LogP contribution is -2.33. The van der Waals surface area contributed by atoms with Crippen LogP contribution in [0.5, 0.6) is 0 Å². The monoisotopic (exact) mass is 609 g/mol. The van der Waals surface area contributed by atoms with Gasteiger partial charge in [0, 0.05) is 21.9 Å². The third-order valence-electron chi connectivity index (χ3n) is 9.43. The highest BCUT2D eigenvalue weighted by atomic mass is 19.1. The van der Waals surface area contributed by atoms with Crippen molar-refractivity contribution in [2.24, 2.45) is 0 Å². The molecule has 0 bridgehead atoms. The lowest BCUT2D eigenvalue weighted by Gasteiger charge is -2.28. The number of nitrogens with zero attached hydrogens (tertiary/aromatic N) is 1. The molecule has 0 N–H and O–H groups in total. The lowest BCUT2D eigenvalue weighted by molar-refractivity contribution is -0.121. The maximum Gasteiger partial charge on any atom is 0.241 e. The highest BCUT2D eigenvalue weighted by Gasteiger charge is 2.45. The fraction of sp³-hybridized carbons (Fsp3) is 0.0682. The Hall–Kier alpha value is -5.80. The van der Waals surface area contributed by atoms with Gasteiger partial charge in [-0.25, -0.2) is 4.39 Å². The fourth-order valence-electron chi connectivity index (χ4n) is 7.26. The zero-order valence-corrected chi connectivity index (χ0v) is 26.2. The number of amides is 1. The van der Waals surface area contributed by atoms with Crippen LogP contribution in [-0.4, -0.2) is 5.91 Å². The van der Waals surface area contributed by atoms with Gasteiger partial charge in [0.15, 0.2) is 0 Å². The molecule has 0 spiro atoms. The van der Waals surface area contributed by atoms with Crippen LogP contribution in [0.1, 0.15) is 19.4 Å². The molecule has 3 heteroatoms. The van der Waals surface area contributed by atoms with Crippen LogP contribution in [0.15, 0.2) is 158 Å². The summed E-state index contributed by atoms with van der Waals surface area (Å²) in [7, 11) is 0. The number of fused-ring (bicyclic) bond motifs is 2. The summed E-state index contributed by atoms with van der Waals surface area (Å²) in [6.07, 6.45) is 0. The highest BCUT2D eigenvalue weighted by Crippen LogP contribution is 2.55. The summed E-state index contributed by atoms with van der Waals surface area (Å²) in [5, 5.41) is 1.19. The van der Waals surface area contributed by atoms with E-state index < -0.39 is 5.41 Å². The topological polar surface area (TPSA) is 20.3 Å². The molecule has 1 aliphatic heterocycles. The van der Waals surface area contributed by atoms with Crippen LogP contribution in [0, 0.1) is 5.82 Å². The van der Waals surface area contributed by atoms with E-state index in [1.54, 1.807) is 6.07 Å². The number of hydrogen-bond acceptors (Lipinski definition) is 1. The van der Waals surface area contributed by atoms with Gasteiger partial charge in [-0.3, -0.25) is 9.69 Å². The molecule has 1 aliphatic rings. The maximum atomic E-state index is 17.0. The van der Waals surface area contributed by atoms with E-state index >= 15 is 4.39 Å². The average molecular weight is 610 g/mol. The Balaban J connectivity index is 1.66. The van der Waals surface area contributed by atoms with Crippen molar-refractivity contribution in [3.05, 3.63) is 169 Å². The van der Waals surface area contributed by atoms with Crippen molar-refractivity contribution in [1.29, 1.82) is 0 Å². The van der Waals surface area contributed by atoms with Gasteiger partial charge in [0.05, 0.1) is 16.8 Å². The summed E-state index contributed by atoms with van der Waals surface area (Å²) in [4.78, 5) is 16.3. The van der Waals surface area contributed by atoms with Gasteiger partial charge in [-0.15, -0.1) is 0 Å². The van der Waals surface area contributed by atoms with E-state index in [0.717, 1.165) is 55.8 Å². The SMILES string of the molecule is CC1(C)C(=O)N(c2ccc(F)c3c(-c4ccccc4)c(-c4ccccc4)c(-c4ccccc4)c(-c4ccccc4)c23)c2ccccc21. The first-order chi connectivity index (χ1) is 23.0. The molecule has 0 radical (unpaired) electrons. The molecule has 8 rings (SSSR count). The van der Waals surface area contributed by atoms with Crippen LogP contribution in [0.3, 0.4) is 0 Å². The van der Waals surface area contributed by atoms with Crippen molar-refractivity contribution in [3.8, 4) is 44.5 Å². The van der Waals surface area contributed by atoms with Gasteiger partial charge in [-0.1, -0.05) is 140 Å².